The fraction of sp³-hybridized carbons (Fsp3) is 0.500. The van der Waals surface area contributed by atoms with Gasteiger partial charge in [0.15, 0.2) is 23.2 Å². The van der Waals surface area contributed by atoms with Crippen LogP contribution in [0.5, 0.6) is 11.5 Å². The smallest absolute Gasteiger partial charge is 0.258 e. The Bertz CT molecular complexity index is 898. The minimum absolute atomic E-state index is 0.0522. The van der Waals surface area contributed by atoms with Gasteiger partial charge in [0.2, 0.25) is 0 Å². The summed E-state index contributed by atoms with van der Waals surface area (Å²) in [5.41, 5.74) is 1.92. The second-order valence-corrected chi connectivity index (χ2v) is 8.12. The van der Waals surface area contributed by atoms with E-state index >= 15 is 0 Å². The van der Waals surface area contributed by atoms with E-state index in [9.17, 15) is 4.79 Å². The molecule has 1 aromatic carbocycles. The molecule has 1 fully saturated rings. The average molecular weight is 461 g/mol. The monoisotopic (exact) mass is 460 g/mol. The number of aryl methyl sites for hydroxylation is 2. The number of aromatic nitrogens is 2. The molecule has 1 amide bonds. The Balaban J connectivity index is 1.41. The van der Waals surface area contributed by atoms with Gasteiger partial charge >= 0.3 is 0 Å². The van der Waals surface area contributed by atoms with Gasteiger partial charge in [0.05, 0.1) is 13.4 Å². The van der Waals surface area contributed by atoms with Crippen molar-refractivity contribution in [1.29, 1.82) is 0 Å². The Kier molecular flexibility index (Phi) is 9.12. The number of imidazole rings is 1. The largest absolute Gasteiger partial charge is 0.493 e. The first-order chi connectivity index (χ1) is 15.5. The van der Waals surface area contributed by atoms with Gasteiger partial charge in [-0.05, 0) is 63.6 Å². The zero-order valence-electron chi connectivity index (χ0n) is 18.6. The van der Waals surface area contributed by atoms with Gasteiger partial charge in [-0.25, -0.2) is 4.98 Å². The molecule has 0 aliphatic carbocycles. The van der Waals surface area contributed by atoms with Gasteiger partial charge in [0.25, 0.3) is 5.91 Å². The lowest BCUT2D eigenvalue weighted by Gasteiger charge is -2.23. The number of amides is 1. The summed E-state index contributed by atoms with van der Waals surface area (Å²) >= 11 is 5.38. The van der Waals surface area contributed by atoms with Crippen molar-refractivity contribution in [1.82, 2.24) is 25.5 Å². The number of ether oxygens (including phenoxy) is 2. The number of thiocarbonyl (C=S) groups is 1. The van der Waals surface area contributed by atoms with E-state index in [1.54, 1.807) is 19.2 Å². The summed E-state index contributed by atoms with van der Waals surface area (Å²) in [4.78, 5) is 16.3. The molecule has 1 aliphatic rings. The van der Waals surface area contributed by atoms with Crippen LogP contribution >= 0.6 is 12.2 Å². The lowest BCUT2D eigenvalue weighted by molar-refractivity contribution is -0.124. The Labute approximate surface area is 194 Å². The molecule has 0 bridgehead atoms. The molecule has 174 valence electrons. The quantitative estimate of drug-likeness (QED) is 0.315. The van der Waals surface area contributed by atoms with E-state index in [0.717, 1.165) is 56.8 Å². The van der Waals surface area contributed by atoms with Crippen LogP contribution in [0.4, 0.5) is 5.69 Å². The van der Waals surface area contributed by atoms with Crippen LogP contribution in [0.15, 0.2) is 30.7 Å². The Morgan fingerprint density at radius 3 is 2.84 bits per heavy atom. The number of piperidine rings is 1. The number of carbonyl (C=O) groups is 1. The second-order valence-electron chi connectivity index (χ2n) is 7.71. The van der Waals surface area contributed by atoms with Gasteiger partial charge in [0.1, 0.15) is 0 Å². The molecule has 2 heterocycles. The van der Waals surface area contributed by atoms with E-state index in [4.69, 9.17) is 21.7 Å². The Hall–Kier alpha value is -2.85. The highest BCUT2D eigenvalue weighted by Crippen LogP contribution is 2.30. The minimum atomic E-state index is -0.127. The third-order valence-corrected chi connectivity index (χ3v) is 5.51. The van der Waals surface area contributed by atoms with Gasteiger partial charge < -0.3 is 35.3 Å². The number of hydrogen-bond donors (Lipinski definition) is 4. The summed E-state index contributed by atoms with van der Waals surface area (Å²) < 4.78 is 13.2. The molecule has 9 nitrogen and oxygen atoms in total. The number of rotatable bonds is 10. The van der Waals surface area contributed by atoms with Crippen molar-refractivity contribution >= 4 is 28.9 Å². The van der Waals surface area contributed by atoms with Crippen LogP contribution in [0.3, 0.4) is 0 Å². The van der Waals surface area contributed by atoms with E-state index in [-0.39, 0.29) is 18.6 Å². The number of nitrogens with one attached hydrogen (secondary N) is 4. The van der Waals surface area contributed by atoms with Crippen molar-refractivity contribution in [3.05, 3.63) is 36.4 Å². The SMILES string of the molecule is COc1cc(NC(=S)NCCCn2cncc2C)ccc1OCC(=O)NC1CCNCC1. The molecule has 0 saturated carbocycles. The highest BCUT2D eigenvalue weighted by atomic mass is 32.1. The van der Waals surface area contributed by atoms with Gasteiger partial charge in [-0.15, -0.1) is 0 Å². The molecule has 3 rings (SSSR count). The highest BCUT2D eigenvalue weighted by Gasteiger charge is 2.16. The first kappa shape index (κ1) is 23.8. The van der Waals surface area contributed by atoms with Crippen LogP contribution in [-0.2, 0) is 11.3 Å². The zero-order valence-corrected chi connectivity index (χ0v) is 19.5. The van der Waals surface area contributed by atoms with Crippen LogP contribution in [0.2, 0.25) is 0 Å². The first-order valence-corrected chi connectivity index (χ1v) is 11.3. The van der Waals surface area contributed by atoms with Crippen LogP contribution in [0, 0.1) is 6.92 Å². The molecule has 0 spiro atoms. The van der Waals surface area contributed by atoms with Crippen LogP contribution in [-0.4, -0.2) is 60.0 Å². The van der Waals surface area contributed by atoms with Crippen molar-refractivity contribution in [3.8, 4) is 11.5 Å². The standard InChI is InChI=1S/C22H32N6O3S/c1-16-13-24-15-28(16)11-3-8-25-22(32)27-18-4-5-19(20(12-18)30-2)31-14-21(29)26-17-6-9-23-10-7-17/h4-5,12-13,15,17,23H,3,6-11,14H2,1-2H3,(H,26,29)(H2,25,27,32). The normalized spacial score (nSPS) is 13.9. The molecule has 0 unspecified atom stereocenters. The molecular formula is C22H32N6O3S. The van der Waals surface area contributed by atoms with Crippen LogP contribution < -0.4 is 30.7 Å². The molecule has 1 saturated heterocycles. The maximum absolute atomic E-state index is 12.2. The van der Waals surface area contributed by atoms with Gasteiger partial charge in [-0.3, -0.25) is 4.79 Å². The molecule has 1 aliphatic heterocycles. The number of benzene rings is 1. The van der Waals surface area contributed by atoms with E-state index in [2.05, 4.69) is 30.8 Å². The predicted molar refractivity (Wildman–Crippen MR) is 128 cm³/mol. The second kappa shape index (κ2) is 12.3. The van der Waals surface area contributed by atoms with E-state index in [1.165, 1.54) is 0 Å². The van der Waals surface area contributed by atoms with Crippen molar-refractivity contribution in [2.75, 3.05) is 38.7 Å². The average Bonchev–Trinajstić information content (AvgIpc) is 3.21. The van der Waals surface area contributed by atoms with Gasteiger partial charge in [0, 0.05) is 42.8 Å². The maximum Gasteiger partial charge on any atom is 0.258 e. The lowest BCUT2D eigenvalue weighted by atomic mass is 10.1. The van der Waals surface area contributed by atoms with Crippen molar-refractivity contribution in [2.45, 2.75) is 38.8 Å². The van der Waals surface area contributed by atoms with Crippen molar-refractivity contribution < 1.29 is 14.3 Å². The predicted octanol–water partition coefficient (Wildman–Crippen LogP) is 1.82. The highest BCUT2D eigenvalue weighted by molar-refractivity contribution is 7.80. The maximum atomic E-state index is 12.2. The molecular weight excluding hydrogens is 428 g/mol. The summed E-state index contributed by atoms with van der Waals surface area (Å²) in [7, 11) is 1.57. The molecule has 0 atom stereocenters. The summed E-state index contributed by atoms with van der Waals surface area (Å²) in [6.07, 6.45) is 6.48. The Morgan fingerprint density at radius 1 is 1.31 bits per heavy atom. The molecule has 1 aromatic heterocycles. The lowest BCUT2D eigenvalue weighted by Crippen LogP contribution is -2.44. The number of anilines is 1. The summed E-state index contributed by atoms with van der Waals surface area (Å²) in [5.74, 6) is 0.911. The first-order valence-electron chi connectivity index (χ1n) is 10.9. The van der Waals surface area contributed by atoms with Crippen molar-refractivity contribution in [2.24, 2.45) is 0 Å². The van der Waals surface area contributed by atoms with E-state index < -0.39 is 0 Å². The third kappa shape index (κ3) is 7.38. The summed E-state index contributed by atoms with van der Waals surface area (Å²) in [6.45, 7) is 5.46. The number of nitrogens with zero attached hydrogens (tertiary/aromatic N) is 2. The molecule has 4 N–H and O–H groups in total. The molecule has 0 radical (unpaired) electrons. The molecule has 32 heavy (non-hydrogen) atoms. The zero-order chi connectivity index (χ0) is 22.8. The fourth-order valence-corrected chi connectivity index (χ4v) is 3.71. The number of hydrogen-bond acceptors (Lipinski definition) is 6. The van der Waals surface area contributed by atoms with Gasteiger partial charge in [-0.2, -0.15) is 0 Å². The number of carbonyl (C=O) groups excluding carboxylic acids is 1. The van der Waals surface area contributed by atoms with Crippen LogP contribution in [0.1, 0.15) is 25.0 Å². The number of methoxy groups -OCH3 is 1. The van der Waals surface area contributed by atoms with E-state index in [0.29, 0.717) is 16.6 Å². The van der Waals surface area contributed by atoms with Gasteiger partial charge in [-0.1, -0.05) is 0 Å². The Morgan fingerprint density at radius 2 is 2.12 bits per heavy atom. The van der Waals surface area contributed by atoms with Crippen molar-refractivity contribution in [3.63, 3.8) is 0 Å². The summed E-state index contributed by atoms with van der Waals surface area (Å²) in [5, 5.41) is 13.2. The molecule has 10 heteroatoms. The molecule has 2 aromatic rings. The fourth-order valence-electron chi connectivity index (χ4n) is 3.49. The van der Waals surface area contributed by atoms with Crippen LogP contribution in [0.25, 0.3) is 0 Å². The minimum Gasteiger partial charge on any atom is -0.493 e. The van der Waals surface area contributed by atoms with E-state index in [1.807, 2.05) is 25.5 Å². The topological polar surface area (TPSA) is 101 Å². The third-order valence-electron chi connectivity index (χ3n) is 5.27. The summed E-state index contributed by atoms with van der Waals surface area (Å²) in [6, 6.07) is 5.61.